The van der Waals surface area contributed by atoms with Crippen molar-refractivity contribution in [3.05, 3.63) is 29.3 Å². The van der Waals surface area contributed by atoms with Gasteiger partial charge in [-0.15, -0.1) is 5.10 Å². The second-order valence-corrected chi connectivity index (χ2v) is 9.49. The minimum Gasteiger partial charge on any atom is -0.484 e. The van der Waals surface area contributed by atoms with E-state index in [2.05, 4.69) is 15.5 Å². The van der Waals surface area contributed by atoms with Crippen molar-refractivity contribution in [2.45, 2.75) is 71.2 Å². The van der Waals surface area contributed by atoms with Gasteiger partial charge in [0, 0.05) is 11.4 Å². The number of benzene rings is 1. The Balaban J connectivity index is 0.00000108. The Morgan fingerprint density at radius 2 is 1.80 bits per heavy atom. The fraction of sp³-hybridized carbons (Fsp3) is 0.542. The van der Waals surface area contributed by atoms with Crippen LogP contribution in [0.25, 0.3) is 22.5 Å². The summed E-state index contributed by atoms with van der Waals surface area (Å²) in [6.45, 7) is 7.57. The third kappa shape index (κ3) is 6.81. The average molecular weight is 499 g/mol. The van der Waals surface area contributed by atoms with E-state index < -0.39 is 18.2 Å². The molecule has 1 aliphatic rings. The molecule has 0 unspecified atom stereocenters. The molecule has 2 heterocycles. The van der Waals surface area contributed by atoms with Gasteiger partial charge < -0.3 is 19.6 Å². The topological polar surface area (TPSA) is 93.3 Å². The Hall–Kier alpha value is -2.95. The zero-order chi connectivity index (χ0) is 26.0. The minimum atomic E-state index is -4.42. The van der Waals surface area contributed by atoms with Crippen LogP contribution in [0.2, 0.25) is 0 Å². The van der Waals surface area contributed by atoms with E-state index in [4.69, 9.17) is 14.1 Å². The number of fused-ring (bicyclic) bond motifs is 1. The van der Waals surface area contributed by atoms with Crippen molar-refractivity contribution in [3.8, 4) is 17.3 Å². The van der Waals surface area contributed by atoms with Gasteiger partial charge in [-0.1, -0.05) is 25.9 Å². The van der Waals surface area contributed by atoms with Gasteiger partial charge in [0.2, 0.25) is 0 Å². The van der Waals surface area contributed by atoms with Crippen LogP contribution < -0.4 is 10.1 Å². The molecule has 0 atom stereocenters. The molecule has 11 heteroatoms. The fourth-order valence-corrected chi connectivity index (χ4v) is 3.66. The molecule has 2 N–H and O–H groups in total. The number of hydrogen-bond donors (Lipinski definition) is 2. The number of hydrogen-bond acceptors (Lipinski definition) is 7. The molecule has 0 bridgehead atoms. The zero-order valence-electron chi connectivity index (χ0n) is 20.3. The van der Waals surface area contributed by atoms with E-state index in [-0.39, 0.29) is 36.5 Å². The lowest BCUT2D eigenvalue weighted by Gasteiger charge is -2.30. The molecule has 0 radical (unpaired) electrons. The zero-order valence-corrected chi connectivity index (χ0v) is 20.3. The summed E-state index contributed by atoms with van der Waals surface area (Å²) in [6.07, 6.45) is -3.48. The number of rotatable bonds is 5. The Bertz CT molecular complexity index is 1150. The van der Waals surface area contributed by atoms with Gasteiger partial charge in [-0.2, -0.15) is 13.2 Å². The SMILES string of the molecule is CCF.Cc1cc(-c2nnc(NC3CC(O)C3)o2)nc2c(C(C)(C)C)cc(OCC(F)(F)F)cc12. The number of aliphatic hydroxyl groups is 1. The molecule has 1 aliphatic carbocycles. The summed E-state index contributed by atoms with van der Waals surface area (Å²) < 4.78 is 59.0. The Morgan fingerprint density at radius 1 is 1.14 bits per heavy atom. The number of nitrogens with one attached hydrogen (secondary N) is 1. The van der Waals surface area contributed by atoms with E-state index in [1.54, 1.807) is 18.2 Å². The van der Waals surface area contributed by atoms with Crippen LogP contribution in [0.3, 0.4) is 0 Å². The Morgan fingerprint density at radius 3 is 2.37 bits per heavy atom. The van der Waals surface area contributed by atoms with Gasteiger partial charge in [-0.05, 0) is 61.4 Å². The first-order valence-electron chi connectivity index (χ1n) is 11.3. The molecule has 0 saturated heterocycles. The summed E-state index contributed by atoms with van der Waals surface area (Å²) in [7, 11) is 0. The van der Waals surface area contributed by atoms with E-state index in [1.807, 2.05) is 27.7 Å². The van der Waals surface area contributed by atoms with Crippen LogP contribution in [0.15, 0.2) is 22.6 Å². The average Bonchev–Trinajstić information content (AvgIpc) is 3.19. The predicted octanol–water partition coefficient (Wildman–Crippen LogP) is 5.74. The van der Waals surface area contributed by atoms with Crippen LogP contribution in [0.4, 0.5) is 23.6 Å². The summed E-state index contributed by atoms with van der Waals surface area (Å²) in [4.78, 5) is 4.72. The highest BCUT2D eigenvalue weighted by Crippen LogP contribution is 2.36. The first-order chi connectivity index (χ1) is 16.3. The summed E-state index contributed by atoms with van der Waals surface area (Å²) in [5, 5.41) is 21.3. The van der Waals surface area contributed by atoms with Gasteiger partial charge in [0.05, 0.1) is 18.3 Å². The third-order valence-corrected chi connectivity index (χ3v) is 5.39. The number of anilines is 1. The Labute approximate surface area is 200 Å². The third-order valence-electron chi connectivity index (χ3n) is 5.39. The van der Waals surface area contributed by atoms with Crippen molar-refractivity contribution in [1.29, 1.82) is 0 Å². The summed E-state index contributed by atoms with van der Waals surface area (Å²) in [6, 6.07) is 5.28. The normalized spacial score (nSPS) is 18.0. The molecular formula is C24H30F4N4O3. The first kappa shape index (κ1) is 26.7. The van der Waals surface area contributed by atoms with Gasteiger partial charge in [0.1, 0.15) is 11.4 Å². The number of pyridine rings is 1. The standard InChI is InChI=1S/C22H25F3N4O3.C2H5F/c1-11-5-17(19-28-29-20(32-19)26-12-6-13(30)7-12)27-18-15(11)8-14(31-10-22(23,24)25)9-16(18)21(2,3)4;1-2-3/h5,8-9,12-13,30H,6-7,10H2,1-4H3,(H,26,29);2H2,1H3. The predicted molar refractivity (Wildman–Crippen MR) is 124 cm³/mol. The molecule has 1 saturated carbocycles. The van der Waals surface area contributed by atoms with Crippen LogP contribution >= 0.6 is 0 Å². The molecule has 4 rings (SSSR count). The molecule has 1 aromatic carbocycles. The second-order valence-electron chi connectivity index (χ2n) is 9.49. The monoisotopic (exact) mass is 498 g/mol. The van der Waals surface area contributed by atoms with Crippen molar-refractivity contribution in [2.75, 3.05) is 18.6 Å². The van der Waals surface area contributed by atoms with Gasteiger partial charge in [-0.25, -0.2) is 4.98 Å². The Kier molecular flexibility index (Phi) is 7.88. The highest BCUT2D eigenvalue weighted by Gasteiger charge is 2.30. The molecule has 2 aromatic heterocycles. The van der Waals surface area contributed by atoms with E-state index in [1.165, 1.54) is 6.92 Å². The molecular weight excluding hydrogens is 468 g/mol. The van der Waals surface area contributed by atoms with Crippen LogP contribution in [-0.2, 0) is 5.41 Å². The maximum Gasteiger partial charge on any atom is 0.422 e. The lowest BCUT2D eigenvalue weighted by molar-refractivity contribution is -0.153. The molecule has 0 amide bonds. The number of ether oxygens (including phenoxy) is 1. The van der Waals surface area contributed by atoms with Crippen LogP contribution in [0.5, 0.6) is 5.75 Å². The van der Waals surface area contributed by atoms with Crippen LogP contribution in [0.1, 0.15) is 51.7 Å². The highest BCUT2D eigenvalue weighted by atomic mass is 19.4. The minimum absolute atomic E-state index is 0.0900. The summed E-state index contributed by atoms with van der Waals surface area (Å²) in [5.74, 6) is 0.374. The smallest absolute Gasteiger partial charge is 0.422 e. The van der Waals surface area contributed by atoms with Crippen molar-refractivity contribution in [3.63, 3.8) is 0 Å². The maximum absolute atomic E-state index is 12.7. The molecule has 7 nitrogen and oxygen atoms in total. The van der Waals surface area contributed by atoms with Crippen LogP contribution in [-0.4, -0.2) is 51.9 Å². The number of halogens is 4. The van der Waals surface area contributed by atoms with Gasteiger partial charge in [-0.3, -0.25) is 4.39 Å². The quantitative estimate of drug-likeness (QED) is 0.433. The van der Waals surface area contributed by atoms with Crippen molar-refractivity contribution < 1.29 is 31.8 Å². The maximum atomic E-state index is 12.7. The molecule has 0 aliphatic heterocycles. The number of aryl methyl sites for hydroxylation is 1. The van der Waals surface area contributed by atoms with Crippen molar-refractivity contribution in [2.24, 2.45) is 0 Å². The van der Waals surface area contributed by atoms with Gasteiger partial charge in [0.25, 0.3) is 5.89 Å². The fourth-order valence-electron chi connectivity index (χ4n) is 3.66. The van der Waals surface area contributed by atoms with Crippen LogP contribution in [0, 0.1) is 6.92 Å². The van der Waals surface area contributed by atoms with E-state index in [9.17, 15) is 22.7 Å². The van der Waals surface area contributed by atoms with E-state index >= 15 is 0 Å². The van der Waals surface area contributed by atoms with Gasteiger partial charge >= 0.3 is 12.2 Å². The van der Waals surface area contributed by atoms with Crippen molar-refractivity contribution >= 4 is 16.9 Å². The number of nitrogens with zero attached hydrogens (tertiary/aromatic N) is 3. The largest absolute Gasteiger partial charge is 0.484 e. The first-order valence-corrected chi connectivity index (χ1v) is 11.3. The van der Waals surface area contributed by atoms with E-state index in [0.717, 1.165) is 11.1 Å². The second kappa shape index (κ2) is 10.3. The van der Waals surface area contributed by atoms with Crippen molar-refractivity contribution in [1.82, 2.24) is 15.2 Å². The molecule has 1 fully saturated rings. The summed E-state index contributed by atoms with van der Waals surface area (Å²) >= 11 is 0. The lowest BCUT2D eigenvalue weighted by Crippen LogP contribution is -2.39. The molecule has 192 valence electrons. The summed E-state index contributed by atoms with van der Waals surface area (Å²) in [5.41, 5.74) is 2.25. The number of aromatic nitrogens is 3. The number of aliphatic hydroxyl groups excluding tert-OH is 1. The molecule has 0 spiro atoms. The highest BCUT2D eigenvalue weighted by molar-refractivity contribution is 5.89. The van der Waals surface area contributed by atoms with Gasteiger partial charge in [0.15, 0.2) is 6.61 Å². The molecule has 35 heavy (non-hydrogen) atoms. The van der Waals surface area contributed by atoms with E-state index in [0.29, 0.717) is 29.4 Å². The number of alkyl halides is 4. The molecule has 3 aromatic rings. The lowest BCUT2D eigenvalue weighted by atomic mass is 9.84.